The summed E-state index contributed by atoms with van der Waals surface area (Å²) in [5.41, 5.74) is 2.38. The Labute approximate surface area is 214 Å². The fraction of sp³-hybridized carbons (Fsp3) is 0.346. The number of amidine groups is 1. The minimum atomic E-state index is -0.608. The van der Waals surface area contributed by atoms with Gasteiger partial charge in [-0.1, -0.05) is 11.8 Å². The van der Waals surface area contributed by atoms with E-state index in [0.29, 0.717) is 39.4 Å². The van der Waals surface area contributed by atoms with Crippen LogP contribution >= 0.6 is 11.8 Å². The summed E-state index contributed by atoms with van der Waals surface area (Å²) in [6.07, 6.45) is 1.35. The first kappa shape index (κ1) is 25.4. The third-order valence-corrected chi connectivity index (χ3v) is 6.57. The third kappa shape index (κ3) is 5.28. The fourth-order valence-corrected chi connectivity index (χ4v) is 5.04. The zero-order chi connectivity index (χ0) is 25.8. The Morgan fingerprint density at radius 2 is 2.03 bits per heavy atom. The van der Waals surface area contributed by atoms with Crippen molar-refractivity contribution >= 4 is 28.8 Å². The van der Waals surface area contributed by atoms with Crippen molar-refractivity contribution in [2.75, 3.05) is 14.2 Å². The van der Waals surface area contributed by atoms with Crippen molar-refractivity contribution in [3.8, 4) is 11.5 Å². The number of nitrogens with one attached hydrogen (secondary N) is 1. The number of fused-ring (bicyclic) bond motifs is 1. The van der Waals surface area contributed by atoms with Gasteiger partial charge in [-0.25, -0.2) is 9.79 Å². The number of carbonyl (C=O) groups is 2. The second kappa shape index (κ2) is 10.9. The molecule has 2 aliphatic heterocycles. The summed E-state index contributed by atoms with van der Waals surface area (Å²) < 4.78 is 22.0. The molecular weight excluding hydrogens is 482 g/mol. The largest absolute Gasteiger partial charge is 0.497 e. The smallest absolute Gasteiger partial charge is 0.338 e. The van der Waals surface area contributed by atoms with E-state index >= 15 is 0 Å². The molecule has 0 radical (unpaired) electrons. The molecule has 0 fully saturated rings. The van der Waals surface area contributed by atoms with Crippen molar-refractivity contribution in [1.29, 1.82) is 0 Å². The minimum Gasteiger partial charge on any atom is -0.497 e. The van der Waals surface area contributed by atoms with Crippen LogP contribution in [0.2, 0.25) is 0 Å². The van der Waals surface area contributed by atoms with Crippen LogP contribution in [-0.2, 0) is 20.9 Å². The maximum atomic E-state index is 13.3. The summed E-state index contributed by atoms with van der Waals surface area (Å²) in [4.78, 5) is 32.7. The van der Waals surface area contributed by atoms with Crippen LogP contribution in [0.4, 0.5) is 0 Å². The van der Waals surface area contributed by atoms with E-state index in [2.05, 4.69) is 10.3 Å². The number of rotatable bonds is 9. The van der Waals surface area contributed by atoms with Gasteiger partial charge in [0.15, 0.2) is 5.17 Å². The SMILES string of the molecule is COc1ccc([C@@H]2C(C(=O)OC(C)C)=C(C)N=C3SC=C(CC(=O)NCc4ccco4)N32)c(OC)c1. The van der Waals surface area contributed by atoms with Gasteiger partial charge in [-0.15, -0.1) is 0 Å². The zero-order valence-corrected chi connectivity index (χ0v) is 21.7. The number of carbonyl (C=O) groups excluding carboxylic acids is 2. The van der Waals surface area contributed by atoms with E-state index < -0.39 is 12.0 Å². The van der Waals surface area contributed by atoms with Crippen molar-refractivity contribution in [2.24, 2.45) is 4.99 Å². The van der Waals surface area contributed by atoms with Gasteiger partial charge in [-0.05, 0) is 50.4 Å². The Morgan fingerprint density at radius 1 is 1.22 bits per heavy atom. The van der Waals surface area contributed by atoms with E-state index in [1.54, 1.807) is 59.5 Å². The Morgan fingerprint density at radius 3 is 2.69 bits per heavy atom. The molecule has 190 valence electrons. The number of esters is 1. The molecule has 1 aromatic carbocycles. The number of thioether (sulfide) groups is 1. The van der Waals surface area contributed by atoms with Crippen LogP contribution in [0.3, 0.4) is 0 Å². The highest BCUT2D eigenvalue weighted by Crippen LogP contribution is 2.47. The average molecular weight is 512 g/mol. The molecule has 2 aliphatic rings. The number of allylic oxidation sites excluding steroid dienone is 1. The highest BCUT2D eigenvalue weighted by Gasteiger charge is 2.42. The van der Waals surface area contributed by atoms with Gasteiger partial charge in [0, 0.05) is 17.3 Å². The van der Waals surface area contributed by atoms with Gasteiger partial charge in [-0.3, -0.25) is 4.79 Å². The third-order valence-electron chi connectivity index (χ3n) is 5.68. The number of hydrogen-bond donors (Lipinski definition) is 1. The van der Waals surface area contributed by atoms with Gasteiger partial charge in [0.2, 0.25) is 5.91 Å². The summed E-state index contributed by atoms with van der Waals surface area (Å²) in [6.45, 7) is 5.68. The molecule has 0 unspecified atom stereocenters. The quantitative estimate of drug-likeness (QED) is 0.490. The molecule has 0 saturated heterocycles. The summed E-state index contributed by atoms with van der Waals surface area (Å²) in [5, 5.41) is 5.43. The van der Waals surface area contributed by atoms with Gasteiger partial charge in [0.05, 0.1) is 56.9 Å². The summed E-state index contributed by atoms with van der Waals surface area (Å²) in [6, 6.07) is 8.40. The van der Waals surface area contributed by atoms with Gasteiger partial charge in [-0.2, -0.15) is 0 Å². The van der Waals surface area contributed by atoms with E-state index in [-0.39, 0.29) is 25.0 Å². The van der Waals surface area contributed by atoms with E-state index in [0.717, 1.165) is 5.56 Å². The molecule has 1 aromatic heterocycles. The summed E-state index contributed by atoms with van der Waals surface area (Å²) >= 11 is 1.41. The number of furan rings is 1. The van der Waals surface area contributed by atoms with Gasteiger partial charge < -0.3 is 28.8 Å². The molecule has 1 atom stereocenters. The van der Waals surface area contributed by atoms with Crippen LogP contribution in [0.25, 0.3) is 0 Å². The molecule has 4 rings (SSSR count). The van der Waals surface area contributed by atoms with Crippen LogP contribution in [0.15, 0.2) is 68.4 Å². The maximum absolute atomic E-state index is 13.3. The molecule has 9 nitrogen and oxygen atoms in total. The van der Waals surface area contributed by atoms with Gasteiger partial charge >= 0.3 is 5.97 Å². The van der Waals surface area contributed by atoms with E-state index in [9.17, 15) is 9.59 Å². The Kier molecular flexibility index (Phi) is 7.73. The normalized spacial score (nSPS) is 16.9. The molecule has 10 heteroatoms. The Hall–Kier alpha value is -3.66. The number of ether oxygens (including phenoxy) is 3. The predicted octanol–water partition coefficient (Wildman–Crippen LogP) is 4.53. The summed E-state index contributed by atoms with van der Waals surface area (Å²) in [7, 11) is 3.14. The first-order chi connectivity index (χ1) is 17.3. The predicted molar refractivity (Wildman–Crippen MR) is 136 cm³/mol. The van der Waals surface area contributed by atoms with Crippen molar-refractivity contribution < 1.29 is 28.2 Å². The number of hydrogen-bond acceptors (Lipinski definition) is 9. The highest BCUT2D eigenvalue weighted by atomic mass is 32.2. The van der Waals surface area contributed by atoms with Crippen molar-refractivity contribution in [3.05, 3.63) is 70.3 Å². The number of nitrogens with zero attached hydrogens (tertiary/aromatic N) is 2. The number of amides is 1. The van der Waals surface area contributed by atoms with E-state index in [4.69, 9.17) is 18.6 Å². The molecular formula is C26H29N3O6S. The van der Waals surface area contributed by atoms with Gasteiger partial charge in [0.1, 0.15) is 17.3 Å². The standard InChI is InChI=1S/C26H29N3O6S/c1-15(2)35-25(31)23-16(3)28-26-29(24(23)20-9-8-18(32-4)12-21(20)33-5)17(14-36-26)11-22(30)27-13-19-7-6-10-34-19/h6-10,12,14-15,24H,11,13H2,1-5H3,(H,27,30)/t24-/m1/s1. The average Bonchev–Trinajstić information content (AvgIpc) is 3.51. The second-order valence-corrected chi connectivity index (χ2v) is 9.32. The van der Waals surface area contributed by atoms with Crippen LogP contribution < -0.4 is 14.8 Å². The Balaban J connectivity index is 1.70. The van der Waals surface area contributed by atoms with Crippen LogP contribution in [0.1, 0.15) is 44.6 Å². The van der Waals surface area contributed by atoms with Crippen molar-refractivity contribution in [2.45, 2.75) is 45.9 Å². The van der Waals surface area contributed by atoms with Crippen molar-refractivity contribution in [3.63, 3.8) is 0 Å². The second-order valence-electron chi connectivity index (χ2n) is 8.49. The first-order valence-electron chi connectivity index (χ1n) is 11.5. The molecule has 3 heterocycles. The maximum Gasteiger partial charge on any atom is 0.338 e. The topological polar surface area (TPSA) is 103 Å². The van der Waals surface area contributed by atoms with E-state index in [1.807, 2.05) is 22.4 Å². The number of methoxy groups -OCH3 is 2. The molecule has 0 spiro atoms. The van der Waals surface area contributed by atoms with Crippen LogP contribution in [-0.4, -0.2) is 42.3 Å². The molecule has 1 N–H and O–H groups in total. The van der Waals surface area contributed by atoms with Crippen LogP contribution in [0, 0.1) is 0 Å². The molecule has 2 aromatic rings. The monoisotopic (exact) mass is 511 g/mol. The summed E-state index contributed by atoms with van der Waals surface area (Å²) in [5.74, 6) is 1.18. The Bertz CT molecular complexity index is 1230. The molecule has 0 bridgehead atoms. The van der Waals surface area contributed by atoms with Crippen molar-refractivity contribution in [1.82, 2.24) is 10.2 Å². The molecule has 0 aliphatic carbocycles. The molecule has 36 heavy (non-hydrogen) atoms. The lowest BCUT2D eigenvalue weighted by Crippen LogP contribution is -2.38. The van der Waals surface area contributed by atoms with Gasteiger partial charge in [0.25, 0.3) is 0 Å². The number of aliphatic imine (C=N–C) groups is 1. The lowest BCUT2D eigenvalue weighted by Gasteiger charge is -2.37. The fourth-order valence-electron chi connectivity index (χ4n) is 4.07. The molecule has 1 amide bonds. The minimum absolute atomic E-state index is 0.0905. The zero-order valence-electron chi connectivity index (χ0n) is 20.9. The lowest BCUT2D eigenvalue weighted by molar-refractivity contribution is -0.143. The molecule has 0 saturated carbocycles. The van der Waals surface area contributed by atoms with E-state index in [1.165, 1.54) is 11.8 Å². The van der Waals surface area contributed by atoms with Crippen LogP contribution in [0.5, 0.6) is 11.5 Å². The number of benzene rings is 1. The highest BCUT2D eigenvalue weighted by molar-refractivity contribution is 8.16. The lowest BCUT2D eigenvalue weighted by atomic mass is 9.93. The first-order valence-corrected chi connectivity index (χ1v) is 12.4.